The molecule has 0 radical (unpaired) electrons. The highest BCUT2D eigenvalue weighted by molar-refractivity contribution is 6.07. The molecule has 0 heterocycles. The highest BCUT2D eigenvalue weighted by Gasteiger charge is 2.12. The third-order valence-corrected chi connectivity index (χ3v) is 3.85. The summed E-state index contributed by atoms with van der Waals surface area (Å²) in [7, 11) is 0. The van der Waals surface area contributed by atoms with Crippen LogP contribution in [0.3, 0.4) is 0 Å². The second-order valence-corrected chi connectivity index (χ2v) is 5.78. The first-order valence-electron chi connectivity index (χ1n) is 8.67. The average molecular weight is 360 g/mol. The van der Waals surface area contributed by atoms with Crippen molar-refractivity contribution in [2.45, 2.75) is 6.92 Å². The fourth-order valence-corrected chi connectivity index (χ4v) is 2.60. The first-order chi connectivity index (χ1) is 13.2. The van der Waals surface area contributed by atoms with Crippen LogP contribution in [0.25, 0.3) is 0 Å². The molecular formula is C22H20N2O3. The van der Waals surface area contributed by atoms with Crippen molar-refractivity contribution in [3.63, 3.8) is 0 Å². The van der Waals surface area contributed by atoms with Crippen molar-refractivity contribution in [1.29, 1.82) is 0 Å². The molecule has 2 N–H and O–H groups in total. The lowest BCUT2D eigenvalue weighted by Crippen LogP contribution is -2.15. The van der Waals surface area contributed by atoms with Crippen molar-refractivity contribution in [1.82, 2.24) is 0 Å². The van der Waals surface area contributed by atoms with Crippen LogP contribution in [0.5, 0.6) is 5.75 Å². The zero-order valence-corrected chi connectivity index (χ0v) is 14.9. The SMILES string of the molecule is CCOc1ccccc1C(=O)Nc1cccc(NC(=O)c2ccccc2)c1. The Kier molecular flexibility index (Phi) is 5.84. The number of nitrogens with one attached hydrogen (secondary N) is 2. The van der Waals surface area contributed by atoms with Crippen LogP contribution in [-0.4, -0.2) is 18.4 Å². The van der Waals surface area contributed by atoms with Gasteiger partial charge in [-0.3, -0.25) is 9.59 Å². The molecule has 0 bridgehead atoms. The molecule has 3 rings (SSSR count). The number of carbonyl (C=O) groups is 2. The van der Waals surface area contributed by atoms with E-state index in [1.807, 2.05) is 19.1 Å². The van der Waals surface area contributed by atoms with Gasteiger partial charge in [0.1, 0.15) is 5.75 Å². The number of ether oxygens (including phenoxy) is 1. The van der Waals surface area contributed by atoms with E-state index in [4.69, 9.17) is 4.74 Å². The monoisotopic (exact) mass is 360 g/mol. The van der Waals surface area contributed by atoms with Gasteiger partial charge in [-0.15, -0.1) is 0 Å². The molecule has 0 spiro atoms. The summed E-state index contributed by atoms with van der Waals surface area (Å²) in [6.45, 7) is 2.35. The molecule has 3 aromatic carbocycles. The largest absolute Gasteiger partial charge is 0.493 e. The fourth-order valence-electron chi connectivity index (χ4n) is 2.60. The van der Waals surface area contributed by atoms with Crippen LogP contribution >= 0.6 is 0 Å². The molecule has 136 valence electrons. The van der Waals surface area contributed by atoms with E-state index in [1.165, 1.54) is 0 Å². The van der Waals surface area contributed by atoms with Gasteiger partial charge >= 0.3 is 0 Å². The summed E-state index contributed by atoms with van der Waals surface area (Å²) in [4.78, 5) is 24.9. The molecule has 0 saturated carbocycles. The van der Waals surface area contributed by atoms with Crippen molar-refractivity contribution in [2.24, 2.45) is 0 Å². The van der Waals surface area contributed by atoms with Crippen molar-refractivity contribution < 1.29 is 14.3 Å². The molecule has 5 nitrogen and oxygen atoms in total. The van der Waals surface area contributed by atoms with Gasteiger partial charge in [0.15, 0.2) is 0 Å². The van der Waals surface area contributed by atoms with E-state index < -0.39 is 0 Å². The second kappa shape index (κ2) is 8.67. The van der Waals surface area contributed by atoms with Gasteiger partial charge in [-0.25, -0.2) is 0 Å². The van der Waals surface area contributed by atoms with Gasteiger partial charge in [-0.2, -0.15) is 0 Å². The number of hydrogen-bond acceptors (Lipinski definition) is 3. The van der Waals surface area contributed by atoms with Gasteiger partial charge in [0, 0.05) is 16.9 Å². The standard InChI is InChI=1S/C22H20N2O3/c1-2-27-20-14-7-6-13-19(20)22(26)24-18-12-8-11-17(15-18)23-21(25)16-9-4-3-5-10-16/h3-15H,2H2,1H3,(H,23,25)(H,24,26). The Balaban J connectivity index is 1.73. The molecule has 0 unspecified atom stereocenters. The molecule has 5 heteroatoms. The Morgan fingerprint density at radius 1 is 0.778 bits per heavy atom. The van der Waals surface area contributed by atoms with Crippen molar-refractivity contribution in [3.05, 3.63) is 90.0 Å². The van der Waals surface area contributed by atoms with Crippen LogP contribution in [0.4, 0.5) is 11.4 Å². The van der Waals surface area contributed by atoms with Crippen molar-refractivity contribution in [2.75, 3.05) is 17.2 Å². The van der Waals surface area contributed by atoms with Gasteiger partial charge < -0.3 is 15.4 Å². The Labute approximate surface area is 158 Å². The quantitative estimate of drug-likeness (QED) is 0.676. The lowest BCUT2D eigenvalue weighted by Gasteiger charge is -2.11. The highest BCUT2D eigenvalue weighted by atomic mass is 16.5. The molecule has 0 saturated heterocycles. The zero-order chi connectivity index (χ0) is 19.1. The molecule has 2 amide bonds. The molecule has 0 fully saturated rings. The first-order valence-corrected chi connectivity index (χ1v) is 8.67. The average Bonchev–Trinajstić information content (AvgIpc) is 2.69. The Bertz CT molecular complexity index is 939. The molecule has 0 aliphatic heterocycles. The molecule has 0 aromatic heterocycles. The summed E-state index contributed by atoms with van der Waals surface area (Å²) in [6, 6.07) is 23.0. The van der Waals surface area contributed by atoms with Crippen LogP contribution in [0.1, 0.15) is 27.6 Å². The van der Waals surface area contributed by atoms with E-state index >= 15 is 0 Å². The molecular weight excluding hydrogens is 340 g/mol. The molecule has 3 aromatic rings. The maximum Gasteiger partial charge on any atom is 0.259 e. The van der Waals surface area contributed by atoms with Gasteiger partial charge in [0.2, 0.25) is 0 Å². The lowest BCUT2D eigenvalue weighted by atomic mass is 10.1. The van der Waals surface area contributed by atoms with Crippen LogP contribution in [-0.2, 0) is 0 Å². The predicted octanol–water partition coefficient (Wildman–Crippen LogP) is 4.59. The van der Waals surface area contributed by atoms with Gasteiger partial charge in [-0.1, -0.05) is 36.4 Å². The molecule has 0 aliphatic carbocycles. The van der Waals surface area contributed by atoms with E-state index in [-0.39, 0.29) is 11.8 Å². The smallest absolute Gasteiger partial charge is 0.259 e. The number of benzene rings is 3. The summed E-state index contributed by atoms with van der Waals surface area (Å²) in [5.41, 5.74) is 2.20. The minimum Gasteiger partial charge on any atom is -0.493 e. The van der Waals surface area contributed by atoms with Gasteiger partial charge in [-0.05, 0) is 49.4 Å². The lowest BCUT2D eigenvalue weighted by molar-refractivity contribution is 0.101. The minimum absolute atomic E-state index is 0.208. The normalized spacial score (nSPS) is 10.1. The van der Waals surface area contributed by atoms with Crippen molar-refractivity contribution >= 4 is 23.2 Å². The topological polar surface area (TPSA) is 67.4 Å². The van der Waals surface area contributed by atoms with Crippen molar-refractivity contribution in [3.8, 4) is 5.75 Å². The Morgan fingerprint density at radius 3 is 2.11 bits per heavy atom. The summed E-state index contributed by atoms with van der Waals surface area (Å²) in [5.74, 6) is 0.0531. The fraction of sp³-hybridized carbons (Fsp3) is 0.0909. The zero-order valence-electron chi connectivity index (χ0n) is 14.9. The second-order valence-electron chi connectivity index (χ2n) is 5.78. The van der Waals surface area contributed by atoms with E-state index in [0.717, 1.165) is 0 Å². The Hall–Kier alpha value is -3.60. The van der Waals surface area contributed by atoms with Crippen LogP contribution < -0.4 is 15.4 Å². The molecule has 0 atom stereocenters. The molecule has 0 aliphatic rings. The van der Waals surface area contributed by atoms with Gasteiger partial charge in [0.25, 0.3) is 11.8 Å². The summed E-state index contributed by atoms with van der Waals surface area (Å²) < 4.78 is 5.50. The predicted molar refractivity (Wildman–Crippen MR) is 106 cm³/mol. The highest BCUT2D eigenvalue weighted by Crippen LogP contribution is 2.21. The summed E-state index contributed by atoms with van der Waals surface area (Å²) >= 11 is 0. The Morgan fingerprint density at radius 2 is 1.41 bits per heavy atom. The van der Waals surface area contributed by atoms with Gasteiger partial charge in [0.05, 0.1) is 12.2 Å². The third-order valence-electron chi connectivity index (χ3n) is 3.85. The number of anilines is 2. The number of hydrogen-bond donors (Lipinski definition) is 2. The number of amides is 2. The number of carbonyl (C=O) groups excluding carboxylic acids is 2. The first kappa shape index (κ1) is 18.2. The third kappa shape index (κ3) is 4.73. The molecule has 27 heavy (non-hydrogen) atoms. The van der Waals surface area contributed by atoms with Crippen LogP contribution in [0, 0.1) is 0 Å². The van der Waals surface area contributed by atoms with Crippen LogP contribution in [0.15, 0.2) is 78.9 Å². The van der Waals surface area contributed by atoms with E-state index in [2.05, 4.69) is 10.6 Å². The summed E-state index contributed by atoms with van der Waals surface area (Å²) in [6.07, 6.45) is 0. The minimum atomic E-state index is -0.273. The maximum atomic E-state index is 12.6. The summed E-state index contributed by atoms with van der Waals surface area (Å²) in [5, 5.41) is 5.67. The van der Waals surface area contributed by atoms with Crippen LogP contribution in [0.2, 0.25) is 0 Å². The van der Waals surface area contributed by atoms with E-state index in [0.29, 0.717) is 34.9 Å². The van der Waals surface area contributed by atoms with E-state index in [9.17, 15) is 9.59 Å². The van der Waals surface area contributed by atoms with E-state index in [1.54, 1.807) is 66.7 Å². The number of rotatable bonds is 6. The number of para-hydroxylation sites is 1. The maximum absolute atomic E-state index is 12.6.